The number of alkyl halides is 3. The summed E-state index contributed by atoms with van der Waals surface area (Å²) in [6, 6.07) is 6.45. The molecular formula is C21H14F3N5O4. The first-order valence-electron chi connectivity index (χ1n) is 9.60. The number of benzene rings is 1. The molecular weight excluding hydrogens is 443 g/mol. The van der Waals surface area contributed by atoms with Crippen LogP contribution in [0.15, 0.2) is 56.6 Å². The molecule has 2 N–H and O–H groups in total. The van der Waals surface area contributed by atoms with Crippen LogP contribution in [0, 0.1) is 6.92 Å². The number of imidazole rings is 1. The quantitative estimate of drug-likeness (QED) is 0.420. The SMILES string of the molecule is Cc1oc2nc[nH]c(=O)c2c1C(=O)Nc1nc2cc(C(F)(F)F)ccc2n1Cc1ccco1. The molecule has 0 spiro atoms. The molecule has 5 aromatic rings. The molecule has 0 fully saturated rings. The fourth-order valence-corrected chi connectivity index (χ4v) is 3.61. The van der Waals surface area contributed by atoms with Crippen LogP contribution in [0.2, 0.25) is 0 Å². The van der Waals surface area contributed by atoms with Crippen molar-refractivity contribution in [2.75, 3.05) is 5.32 Å². The van der Waals surface area contributed by atoms with Gasteiger partial charge in [-0.1, -0.05) is 0 Å². The van der Waals surface area contributed by atoms with Crippen molar-refractivity contribution in [2.45, 2.75) is 19.6 Å². The summed E-state index contributed by atoms with van der Waals surface area (Å²) >= 11 is 0. The Bertz CT molecular complexity index is 1560. The van der Waals surface area contributed by atoms with E-state index in [1.807, 2.05) is 0 Å². The van der Waals surface area contributed by atoms with Crippen molar-refractivity contribution >= 4 is 34.0 Å². The van der Waals surface area contributed by atoms with E-state index < -0.39 is 23.2 Å². The second-order valence-electron chi connectivity index (χ2n) is 7.20. The number of hydrogen-bond donors (Lipinski definition) is 2. The molecule has 1 aromatic carbocycles. The van der Waals surface area contributed by atoms with Gasteiger partial charge < -0.3 is 18.4 Å². The Labute approximate surface area is 181 Å². The number of carbonyl (C=O) groups is 1. The maximum Gasteiger partial charge on any atom is 0.416 e. The number of aryl methyl sites for hydroxylation is 1. The second-order valence-corrected chi connectivity index (χ2v) is 7.20. The van der Waals surface area contributed by atoms with E-state index in [1.54, 1.807) is 12.1 Å². The number of furan rings is 2. The highest BCUT2D eigenvalue weighted by molar-refractivity contribution is 6.12. The Balaban J connectivity index is 1.62. The Morgan fingerprint density at radius 1 is 1.27 bits per heavy atom. The van der Waals surface area contributed by atoms with Gasteiger partial charge >= 0.3 is 6.18 Å². The molecule has 4 heterocycles. The highest BCUT2D eigenvalue weighted by Gasteiger charge is 2.31. The molecule has 33 heavy (non-hydrogen) atoms. The summed E-state index contributed by atoms with van der Waals surface area (Å²) < 4.78 is 51.8. The monoisotopic (exact) mass is 457 g/mol. The van der Waals surface area contributed by atoms with Crippen molar-refractivity contribution < 1.29 is 26.8 Å². The van der Waals surface area contributed by atoms with E-state index in [2.05, 4.69) is 20.3 Å². The maximum absolute atomic E-state index is 13.2. The number of rotatable bonds is 4. The fourth-order valence-electron chi connectivity index (χ4n) is 3.61. The first-order valence-corrected chi connectivity index (χ1v) is 9.60. The number of nitrogens with one attached hydrogen (secondary N) is 2. The minimum Gasteiger partial charge on any atom is -0.467 e. The minimum absolute atomic E-state index is 0.0136. The summed E-state index contributed by atoms with van der Waals surface area (Å²) in [6.45, 7) is 1.59. The van der Waals surface area contributed by atoms with Gasteiger partial charge in [-0.3, -0.25) is 14.9 Å². The molecule has 5 rings (SSSR count). The first kappa shape index (κ1) is 20.5. The van der Waals surface area contributed by atoms with Crippen LogP contribution >= 0.6 is 0 Å². The number of aromatic amines is 1. The zero-order chi connectivity index (χ0) is 23.3. The number of fused-ring (bicyclic) bond motifs is 2. The third-order valence-electron chi connectivity index (χ3n) is 5.09. The standard InChI is InChI=1S/C21H14F3N5O4/c1-10-15(16-17(30)25-9-26-19(16)33-10)18(31)28-20-27-13-7-11(21(22,23)24)4-5-14(13)29(20)8-12-3-2-6-32-12/h2-7,9H,8H2,1H3,(H,25,26,30)(H,27,28,31). The van der Waals surface area contributed by atoms with Crippen molar-refractivity contribution in [3.63, 3.8) is 0 Å². The number of amides is 1. The van der Waals surface area contributed by atoms with E-state index >= 15 is 0 Å². The van der Waals surface area contributed by atoms with Crippen LogP contribution in [0.3, 0.4) is 0 Å². The van der Waals surface area contributed by atoms with Crippen LogP contribution < -0.4 is 10.9 Å². The average molecular weight is 457 g/mol. The molecule has 9 nitrogen and oxygen atoms in total. The lowest BCUT2D eigenvalue weighted by Gasteiger charge is -2.09. The highest BCUT2D eigenvalue weighted by Crippen LogP contribution is 2.33. The van der Waals surface area contributed by atoms with Gasteiger partial charge in [-0.25, -0.2) is 9.97 Å². The van der Waals surface area contributed by atoms with Crippen molar-refractivity contribution in [3.8, 4) is 0 Å². The zero-order valence-corrected chi connectivity index (χ0v) is 16.9. The Morgan fingerprint density at radius 2 is 2.09 bits per heavy atom. The van der Waals surface area contributed by atoms with Gasteiger partial charge in [-0.15, -0.1) is 0 Å². The van der Waals surface area contributed by atoms with Gasteiger partial charge in [0.05, 0.1) is 41.3 Å². The van der Waals surface area contributed by atoms with Crippen molar-refractivity contribution in [2.24, 2.45) is 0 Å². The molecule has 0 aliphatic rings. The molecule has 0 saturated carbocycles. The molecule has 0 unspecified atom stereocenters. The second kappa shape index (κ2) is 7.36. The summed E-state index contributed by atoms with van der Waals surface area (Å²) in [6.07, 6.45) is -1.95. The number of halogens is 3. The third kappa shape index (κ3) is 3.54. The number of H-pyrrole nitrogens is 1. The van der Waals surface area contributed by atoms with Gasteiger partial charge in [0, 0.05) is 0 Å². The molecule has 0 aliphatic heterocycles. The number of aromatic nitrogens is 4. The normalized spacial score (nSPS) is 12.0. The Morgan fingerprint density at radius 3 is 2.82 bits per heavy atom. The zero-order valence-electron chi connectivity index (χ0n) is 16.9. The van der Waals surface area contributed by atoms with Crippen LogP contribution in [-0.2, 0) is 12.7 Å². The molecule has 1 amide bonds. The molecule has 0 aliphatic carbocycles. The van der Waals surface area contributed by atoms with Crippen LogP contribution in [0.4, 0.5) is 19.1 Å². The predicted molar refractivity (Wildman–Crippen MR) is 110 cm³/mol. The predicted octanol–water partition coefficient (Wildman–Crippen LogP) is 4.09. The summed E-state index contributed by atoms with van der Waals surface area (Å²) in [4.78, 5) is 35.9. The average Bonchev–Trinajstić information content (AvgIpc) is 3.46. The molecule has 168 valence electrons. The summed E-state index contributed by atoms with van der Waals surface area (Å²) in [7, 11) is 0. The van der Waals surface area contributed by atoms with Crippen LogP contribution in [0.1, 0.15) is 27.4 Å². The van der Waals surface area contributed by atoms with Crippen LogP contribution in [0.5, 0.6) is 0 Å². The fraction of sp³-hybridized carbons (Fsp3) is 0.143. The van der Waals surface area contributed by atoms with Crippen LogP contribution in [0.25, 0.3) is 22.1 Å². The van der Waals surface area contributed by atoms with Gasteiger partial charge in [-0.2, -0.15) is 13.2 Å². The number of carbonyl (C=O) groups excluding carboxylic acids is 1. The van der Waals surface area contributed by atoms with Crippen LogP contribution in [-0.4, -0.2) is 25.4 Å². The van der Waals surface area contributed by atoms with Gasteiger partial charge in [0.25, 0.3) is 11.5 Å². The molecule has 4 aromatic heterocycles. The van der Waals surface area contributed by atoms with E-state index in [9.17, 15) is 22.8 Å². The van der Waals surface area contributed by atoms with Gasteiger partial charge in [0.1, 0.15) is 16.9 Å². The number of hydrogen-bond acceptors (Lipinski definition) is 6. The Kier molecular flexibility index (Phi) is 4.58. The van der Waals surface area contributed by atoms with Gasteiger partial charge in [0.15, 0.2) is 0 Å². The number of nitrogens with zero attached hydrogens (tertiary/aromatic N) is 3. The summed E-state index contributed by atoms with van der Waals surface area (Å²) in [5, 5.41) is 2.54. The van der Waals surface area contributed by atoms with Crippen molar-refractivity contribution in [1.29, 1.82) is 0 Å². The lowest BCUT2D eigenvalue weighted by Crippen LogP contribution is -2.19. The largest absolute Gasteiger partial charge is 0.467 e. The molecule has 0 radical (unpaired) electrons. The first-order chi connectivity index (χ1) is 15.7. The van der Waals surface area contributed by atoms with Gasteiger partial charge in [0.2, 0.25) is 11.7 Å². The maximum atomic E-state index is 13.2. The smallest absolute Gasteiger partial charge is 0.416 e. The minimum atomic E-state index is -4.55. The summed E-state index contributed by atoms with van der Waals surface area (Å²) in [5.41, 5.74) is -1.12. The van der Waals surface area contributed by atoms with E-state index in [-0.39, 0.29) is 40.4 Å². The number of anilines is 1. The lowest BCUT2D eigenvalue weighted by molar-refractivity contribution is -0.137. The summed E-state index contributed by atoms with van der Waals surface area (Å²) in [5.74, 6) is -0.105. The third-order valence-corrected chi connectivity index (χ3v) is 5.09. The van der Waals surface area contributed by atoms with Gasteiger partial charge in [-0.05, 0) is 37.3 Å². The van der Waals surface area contributed by atoms with E-state index in [0.717, 1.165) is 18.5 Å². The molecule has 0 atom stereocenters. The van der Waals surface area contributed by atoms with Crippen molar-refractivity contribution in [3.05, 3.63) is 75.9 Å². The lowest BCUT2D eigenvalue weighted by atomic mass is 10.2. The topological polar surface area (TPSA) is 119 Å². The van der Waals surface area contributed by atoms with E-state index in [4.69, 9.17) is 8.83 Å². The van der Waals surface area contributed by atoms with Crippen molar-refractivity contribution in [1.82, 2.24) is 19.5 Å². The molecule has 12 heteroatoms. The van der Waals surface area contributed by atoms with E-state index in [0.29, 0.717) is 11.3 Å². The molecule has 0 bridgehead atoms. The molecule has 0 saturated heterocycles. The highest BCUT2D eigenvalue weighted by atomic mass is 19.4. The van der Waals surface area contributed by atoms with E-state index in [1.165, 1.54) is 23.8 Å². The Hall–Kier alpha value is -4.35.